The van der Waals surface area contributed by atoms with Crippen molar-refractivity contribution in [3.63, 3.8) is 0 Å². The summed E-state index contributed by atoms with van der Waals surface area (Å²) in [5.41, 5.74) is 2.71. The summed E-state index contributed by atoms with van der Waals surface area (Å²) in [5, 5.41) is 0. The van der Waals surface area contributed by atoms with Crippen LogP contribution in [-0.4, -0.2) is 54.5 Å². The number of ether oxygens (including phenoxy) is 1. The van der Waals surface area contributed by atoms with Crippen LogP contribution in [0.3, 0.4) is 0 Å². The molecule has 0 N–H and O–H groups in total. The van der Waals surface area contributed by atoms with Crippen LogP contribution in [0, 0.1) is 19.7 Å². The molecule has 2 rings (SSSR count). The highest BCUT2D eigenvalue weighted by Crippen LogP contribution is 2.17. The summed E-state index contributed by atoms with van der Waals surface area (Å²) in [6, 6.07) is 3.46. The van der Waals surface area contributed by atoms with Gasteiger partial charge in [-0.25, -0.2) is 4.39 Å². The lowest BCUT2D eigenvalue weighted by atomic mass is 10.0. The predicted octanol–water partition coefficient (Wildman–Crippen LogP) is 1.65. The van der Waals surface area contributed by atoms with Gasteiger partial charge in [-0.15, -0.1) is 0 Å². The van der Waals surface area contributed by atoms with Crippen LogP contribution in [0.4, 0.5) is 4.39 Å². The lowest BCUT2D eigenvalue weighted by molar-refractivity contribution is -0.151. The lowest BCUT2D eigenvalue weighted by Gasteiger charge is -2.35. The highest BCUT2D eigenvalue weighted by molar-refractivity contribution is 5.80. The number of nitrogens with zero attached hydrogens (tertiary/aromatic N) is 2. The summed E-state index contributed by atoms with van der Waals surface area (Å²) < 4.78 is 18.3. The van der Waals surface area contributed by atoms with E-state index in [0.29, 0.717) is 18.7 Å². The number of rotatable bonds is 4. The molecule has 0 radical (unpaired) electrons. The van der Waals surface area contributed by atoms with Gasteiger partial charge in [-0.3, -0.25) is 14.5 Å². The second-order valence-corrected chi connectivity index (χ2v) is 5.97. The fourth-order valence-electron chi connectivity index (χ4n) is 2.66. The van der Waals surface area contributed by atoms with Gasteiger partial charge < -0.3 is 9.64 Å². The van der Waals surface area contributed by atoms with Crippen molar-refractivity contribution in [2.24, 2.45) is 0 Å². The van der Waals surface area contributed by atoms with Crippen LogP contribution >= 0.6 is 0 Å². The van der Waals surface area contributed by atoms with Gasteiger partial charge in [0.15, 0.2) is 6.61 Å². The standard InChI is InChI=1S/C17H23FN2O3/c1-12-9-16(18)13(2)8-15(12)10-19-4-6-20(7-5-19)17(22)11-23-14(3)21/h8-9H,4-7,10-11H2,1-3H3. The molecule has 1 amide bonds. The van der Waals surface area contributed by atoms with E-state index in [2.05, 4.69) is 4.90 Å². The van der Waals surface area contributed by atoms with Gasteiger partial charge in [0.2, 0.25) is 0 Å². The zero-order valence-electron chi connectivity index (χ0n) is 13.9. The van der Waals surface area contributed by atoms with Crippen LogP contribution in [0.5, 0.6) is 0 Å². The first-order valence-electron chi connectivity index (χ1n) is 7.76. The minimum atomic E-state index is -0.445. The zero-order chi connectivity index (χ0) is 17.0. The predicted molar refractivity (Wildman–Crippen MR) is 84.4 cm³/mol. The molecule has 0 bridgehead atoms. The molecule has 0 aliphatic carbocycles. The van der Waals surface area contributed by atoms with Crippen LogP contribution in [0.1, 0.15) is 23.6 Å². The molecule has 1 aromatic rings. The van der Waals surface area contributed by atoms with Gasteiger partial charge in [0, 0.05) is 39.6 Å². The lowest BCUT2D eigenvalue weighted by Crippen LogP contribution is -2.49. The molecule has 1 saturated heterocycles. The average molecular weight is 322 g/mol. The van der Waals surface area contributed by atoms with E-state index in [1.54, 1.807) is 17.9 Å². The average Bonchev–Trinajstić information content (AvgIpc) is 2.51. The first-order valence-corrected chi connectivity index (χ1v) is 7.76. The first-order chi connectivity index (χ1) is 10.9. The Morgan fingerprint density at radius 3 is 2.39 bits per heavy atom. The Kier molecular flexibility index (Phi) is 5.71. The quantitative estimate of drug-likeness (QED) is 0.791. The van der Waals surface area contributed by atoms with E-state index in [0.717, 1.165) is 30.8 Å². The molecule has 23 heavy (non-hydrogen) atoms. The van der Waals surface area contributed by atoms with Gasteiger partial charge >= 0.3 is 5.97 Å². The van der Waals surface area contributed by atoms with E-state index in [-0.39, 0.29) is 18.3 Å². The second kappa shape index (κ2) is 7.55. The Labute approximate surface area is 136 Å². The number of carbonyl (C=O) groups is 2. The van der Waals surface area contributed by atoms with Crippen molar-refractivity contribution in [3.8, 4) is 0 Å². The van der Waals surface area contributed by atoms with E-state index >= 15 is 0 Å². The molecular formula is C17H23FN2O3. The molecule has 0 unspecified atom stereocenters. The first kappa shape index (κ1) is 17.4. The number of carbonyl (C=O) groups excluding carboxylic acids is 2. The van der Waals surface area contributed by atoms with Crippen molar-refractivity contribution in [2.45, 2.75) is 27.3 Å². The Morgan fingerprint density at radius 1 is 1.13 bits per heavy atom. The molecule has 126 valence electrons. The molecule has 1 fully saturated rings. The molecule has 1 aliphatic heterocycles. The number of amides is 1. The van der Waals surface area contributed by atoms with Gasteiger partial charge in [0.05, 0.1) is 0 Å². The van der Waals surface area contributed by atoms with Crippen molar-refractivity contribution in [2.75, 3.05) is 32.8 Å². The third kappa shape index (κ3) is 4.76. The number of hydrogen-bond donors (Lipinski definition) is 0. The number of benzene rings is 1. The van der Waals surface area contributed by atoms with E-state index < -0.39 is 5.97 Å². The molecule has 0 spiro atoms. The fraction of sp³-hybridized carbons (Fsp3) is 0.529. The number of halogens is 1. The van der Waals surface area contributed by atoms with Crippen LogP contribution in [0.25, 0.3) is 0 Å². The fourth-order valence-corrected chi connectivity index (χ4v) is 2.66. The normalized spacial score (nSPS) is 15.6. The monoisotopic (exact) mass is 322 g/mol. The summed E-state index contributed by atoms with van der Waals surface area (Å²) in [5.74, 6) is -0.778. The van der Waals surface area contributed by atoms with Crippen molar-refractivity contribution in [1.82, 2.24) is 9.80 Å². The molecule has 1 aromatic carbocycles. The maximum absolute atomic E-state index is 13.5. The highest BCUT2D eigenvalue weighted by Gasteiger charge is 2.22. The summed E-state index contributed by atoms with van der Waals surface area (Å²) in [6.45, 7) is 8.26. The third-order valence-corrected chi connectivity index (χ3v) is 4.14. The largest absolute Gasteiger partial charge is 0.456 e. The van der Waals surface area contributed by atoms with Gasteiger partial charge in [-0.1, -0.05) is 6.07 Å². The van der Waals surface area contributed by atoms with Crippen molar-refractivity contribution >= 4 is 11.9 Å². The number of piperazine rings is 1. The van der Waals surface area contributed by atoms with Crippen LogP contribution in [-0.2, 0) is 20.9 Å². The van der Waals surface area contributed by atoms with E-state index in [9.17, 15) is 14.0 Å². The number of aryl methyl sites for hydroxylation is 2. The van der Waals surface area contributed by atoms with E-state index in [1.165, 1.54) is 6.92 Å². The van der Waals surface area contributed by atoms with Gasteiger partial charge in [0.1, 0.15) is 5.82 Å². The number of esters is 1. The van der Waals surface area contributed by atoms with Crippen LogP contribution < -0.4 is 0 Å². The van der Waals surface area contributed by atoms with Gasteiger partial charge in [-0.05, 0) is 36.6 Å². The summed E-state index contributed by atoms with van der Waals surface area (Å²) >= 11 is 0. The van der Waals surface area contributed by atoms with Crippen molar-refractivity contribution in [3.05, 3.63) is 34.6 Å². The molecule has 6 heteroatoms. The molecule has 1 heterocycles. The van der Waals surface area contributed by atoms with Crippen molar-refractivity contribution < 1.29 is 18.7 Å². The minimum Gasteiger partial charge on any atom is -0.456 e. The van der Waals surface area contributed by atoms with E-state index in [4.69, 9.17) is 4.74 Å². The Bertz CT molecular complexity index is 596. The molecule has 0 aromatic heterocycles. The molecule has 5 nitrogen and oxygen atoms in total. The smallest absolute Gasteiger partial charge is 0.303 e. The molecule has 1 aliphatic rings. The maximum Gasteiger partial charge on any atom is 0.303 e. The van der Waals surface area contributed by atoms with Crippen LogP contribution in [0.15, 0.2) is 12.1 Å². The highest BCUT2D eigenvalue weighted by atomic mass is 19.1. The summed E-state index contributed by atoms with van der Waals surface area (Å²) in [7, 11) is 0. The minimum absolute atomic E-state index is 0.159. The molecular weight excluding hydrogens is 299 g/mol. The maximum atomic E-state index is 13.5. The van der Waals surface area contributed by atoms with E-state index in [1.807, 2.05) is 13.0 Å². The molecule has 0 saturated carbocycles. The third-order valence-electron chi connectivity index (χ3n) is 4.14. The second-order valence-electron chi connectivity index (χ2n) is 5.97. The molecule has 0 atom stereocenters. The topological polar surface area (TPSA) is 49.9 Å². The summed E-state index contributed by atoms with van der Waals surface area (Å²) in [6.07, 6.45) is 0. The van der Waals surface area contributed by atoms with Gasteiger partial charge in [-0.2, -0.15) is 0 Å². The van der Waals surface area contributed by atoms with Crippen molar-refractivity contribution in [1.29, 1.82) is 0 Å². The summed E-state index contributed by atoms with van der Waals surface area (Å²) in [4.78, 5) is 26.6. The Balaban J connectivity index is 1.86. The number of hydrogen-bond acceptors (Lipinski definition) is 4. The SMILES string of the molecule is CC(=O)OCC(=O)N1CCN(Cc2cc(C)c(F)cc2C)CC1. The zero-order valence-corrected chi connectivity index (χ0v) is 13.9. The Morgan fingerprint density at radius 2 is 1.78 bits per heavy atom. The van der Waals surface area contributed by atoms with Crippen LogP contribution in [0.2, 0.25) is 0 Å². The Hall–Kier alpha value is -1.95. The van der Waals surface area contributed by atoms with Gasteiger partial charge in [0.25, 0.3) is 5.91 Å².